The van der Waals surface area contributed by atoms with Crippen LogP contribution >= 0.6 is 0 Å². The maximum atomic E-state index is 13.7. The molecule has 1 aromatic rings. The molecule has 428 valence electrons. The van der Waals surface area contributed by atoms with Gasteiger partial charge in [-0.25, -0.2) is 4.79 Å². The maximum Gasteiger partial charge on any atom is 0.338 e. The molecular formula is C54H80O22. The molecule has 9 rings (SSSR count). The van der Waals surface area contributed by atoms with E-state index in [4.69, 9.17) is 52.1 Å². The van der Waals surface area contributed by atoms with Crippen molar-refractivity contribution in [3.8, 4) is 5.75 Å². The summed E-state index contributed by atoms with van der Waals surface area (Å²) < 4.78 is 67.9. The van der Waals surface area contributed by atoms with Crippen molar-refractivity contribution >= 4 is 11.8 Å². The van der Waals surface area contributed by atoms with Crippen LogP contribution in [0.3, 0.4) is 0 Å². The summed E-state index contributed by atoms with van der Waals surface area (Å²) in [5, 5.41) is 100. The SMILES string of the molecule is CO[C@H]1C[C@H](O[C@H]2[C@@H](O)C[C@H](O[C@H]3CC[C@@]4(C)C(=CC[C@]5(O)[C@@H]4C[C@@H](OC(=O)c4ccc(O)cc4)[C@@]4(C)[C@]5(O)CC[C@@]4(O)C(C)=O)C3)O[C@@H]2C)O[C@H](C)[C@H]1O[C@H]1C[C@@H](OC)[C@H](O[C@@H]2O[C@H](CO)[C@@H](O)[C@H](O)[C@H]2O)[C@@H](C)O1. The number of hydrogen-bond donors (Lipinski definition) is 9. The zero-order valence-corrected chi connectivity index (χ0v) is 44.5. The number of aromatic hydroxyl groups is 1. The lowest BCUT2D eigenvalue weighted by atomic mass is 9.42. The van der Waals surface area contributed by atoms with Crippen molar-refractivity contribution in [1.82, 2.24) is 0 Å². The van der Waals surface area contributed by atoms with Crippen LogP contribution in [-0.2, 0) is 56.9 Å². The van der Waals surface area contributed by atoms with Gasteiger partial charge in [0.2, 0.25) is 0 Å². The van der Waals surface area contributed by atoms with Crippen LogP contribution in [0.5, 0.6) is 5.75 Å². The summed E-state index contributed by atoms with van der Waals surface area (Å²) in [5.41, 5.74) is -7.30. The lowest BCUT2D eigenvalue weighted by Gasteiger charge is -2.67. The van der Waals surface area contributed by atoms with Gasteiger partial charge in [-0.15, -0.1) is 0 Å². The minimum atomic E-state index is -2.10. The molecule has 76 heavy (non-hydrogen) atoms. The summed E-state index contributed by atoms with van der Waals surface area (Å²) in [6, 6.07) is 5.51. The number of ketones is 1. The van der Waals surface area contributed by atoms with Crippen LogP contribution in [0.4, 0.5) is 0 Å². The molecule has 0 unspecified atom stereocenters. The number of carbonyl (C=O) groups excluding carboxylic acids is 2. The second kappa shape index (κ2) is 21.9. The molecule has 4 aliphatic heterocycles. The molecule has 9 N–H and O–H groups in total. The first kappa shape index (κ1) is 57.9. The van der Waals surface area contributed by atoms with Gasteiger partial charge in [0.1, 0.15) is 71.4 Å². The molecule has 0 radical (unpaired) electrons. The zero-order chi connectivity index (χ0) is 55.0. The Kier molecular flexibility index (Phi) is 16.7. The van der Waals surface area contributed by atoms with Gasteiger partial charge in [0.25, 0.3) is 0 Å². The highest BCUT2D eigenvalue weighted by Crippen LogP contribution is 2.71. The predicted octanol–water partition coefficient (Wildman–Crippen LogP) is 1.18. The summed E-state index contributed by atoms with van der Waals surface area (Å²) in [6.07, 6.45) is -13.6. The third-order valence-corrected chi connectivity index (χ3v) is 19.1. The minimum Gasteiger partial charge on any atom is -0.508 e. The first-order valence-corrected chi connectivity index (χ1v) is 26.9. The first-order valence-electron chi connectivity index (χ1n) is 26.9. The summed E-state index contributed by atoms with van der Waals surface area (Å²) >= 11 is 0. The van der Waals surface area contributed by atoms with Crippen LogP contribution < -0.4 is 0 Å². The summed E-state index contributed by atoms with van der Waals surface area (Å²) in [6.45, 7) is 9.56. The van der Waals surface area contributed by atoms with Crippen LogP contribution in [0.25, 0.3) is 0 Å². The van der Waals surface area contributed by atoms with Crippen molar-refractivity contribution in [1.29, 1.82) is 0 Å². The van der Waals surface area contributed by atoms with E-state index >= 15 is 0 Å². The molecule has 25 atom stereocenters. The number of esters is 1. The first-order chi connectivity index (χ1) is 35.9. The van der Waals surface area contributed by atoms with Crippen LogP contribution in [0.2, 0.25) is 0 Å². The van der Waals surface area contributed by atoms with Gasteiger partial charge >= 0.3 is 5.97 Å². The summed E-state index contributed by atoms with van der Waals surface area (Å²) in [5.74, 6) is -2.06. The highest BCUT2D eigenvalue weighted by Gasteiger charge is 2.81. The molecule has 8 aliphatic rings. The van der Waals surface area contributed by atoms with Gasteiger partial charge in [-0.3, -0.25) is 4.79 Å². The third kappa shape index (κ3) is 9.80. The Bertz CT molecular complexity index is 2240. The van der Waals surface area contributed by atoms with E-state index in [1.165, 1.54) is 45.2 Å². The van der Waals surface area contributed by atoms with E-state index in [9.17, 15) is 55.5 Å². The van der Waals surface area contributed by atoms with Crippen molar-refractivity contribution in [3.05, 3.63) is 41.5 Å². The summed E-state index contributed by atoms with van der Waals surface area (Å²) in [7, 11) is 3.04. The van der Waals surface area contributed by atoms with Gasteiger partial charge in [-0.2, -0.15) is 0 Å². The lowest BCUT2D eigenvalue weighted by Crippen LogP contribution is -2.78. The Balaban J connectivity index is 0.801. The Morgan fingerprint density at radius 3 is 1.87 bits per heavy atom. The number of rotatable bonds is 14. The summed E-state index contributed by atoms with van der Waals surface area (Å²) in [4.78, 5) is 27.0. The van der Waals surface area contributed by atoms with E-state index in [0.29, 0.717) is 19.3 Å². The Morgan fingerprint density at radius 1 is 0.711 bits per heavy atom. The molecule has 3 saturated carbocycles. The van der Waals surface area contributed by atoms with E-state index in [-0.39, 0.29) is 62.4 Å². The highest BCUT2D eigenvalue weighted by molar-refractivity contribution is 5.90. The number of hydrogen-bond acceptors (Lipinski definition) is 22. The van der Waals surface area contributed by atoms with Gasteiger partial charge in [0.15, 0.2) is 30.9 Å². The second-order valence-electron chi connectivity index (χ2n) is 23.1. The number of aliphatic hydroxyl groups is 8. The van der Waals surface area contributed by atoms with E-state index in [1.807, 2.05) is 19.9 Å². The van der Waals surface area contributed by atoms with Crippen LogP contribution in [-0.4, -0.2) is 212 Å². The van der Waals surface area contributed by atoms with Crippen molar-refractivity contribution < 1.29 is 108 Å². The van der Waals surface area contributed by atoms with Crippen LogP contribution in [0.15, 0.2) is 35.9 Å². The van der Waals surface area contributed by atoms with Crippen molar-refractivity contribution in [2.24, 2.45) is 16.7 Å². The predicted molar refractivity (Wildman–Crippen MR) is 261 cm³/mol. The van der Waals surface area contributed by atoms with Gasteiger partial charge in [-0.05, 0) is 109 Å². The number of ether oxygens (including phenoxy) is 11. The van der Waals surface area contributed by atoms with Crippen molar-refractivity contribution in [2.45, 2.75) is 239 Å². The van der Waals surface area contributed by atoms with E-state index in [1.54, 1.807) is 21.0 Å². The fraction of sp³-hybridized carbons (Fsp3) is 0.815. The Labute approximate surface area is 442 Å². The van der Waals surface area contributed by atoms with Crippen LogP contribution in [0, 0.1) is 16.7 Å². The van der Waals surface area contributed by atoms with Crippen molar-refractivity contribution in [3.63, 3.8) is 0 Å². The smallest absolute Gasteiger partial charge is 0.338 e. The molecule has 0 bridgehead atoms. The van der Waals surface area contributed by atoms with E-state index in [2.05, 4.69) is 0 Å². The highest BCUT2D eigenvalue weighted by atomic mass is 16.8. The number of aliphatic hydroxyl groups excluding tert-OH is 5. The molecule has 7 fully saturated rings. The molecule has 4 heterocycles. The molecular weight excluding hydrogens is 1000 g/mol. The molecule has 0 amide bonds. The minimum absolute atomic E-state index is 0.0240. The lowest BCUT2D eigenvalue weighted by molar-refractivity contribution is -0.356. The third-order valence-electron chi connectivity index (χ3n) is 19.1. The number of benzene rings is 1. The molecule has 4 aliphatic carbocycles. The molecule has 0 aromatic heterocycles. The Hall–Kier alpha value is -2.82. The monoisotopic (exact) mass is 1080 g/mol. The van der Waals surface area contributed by atoms with Gasteiger partial charge < -0.3 is 98.1 Å². The quantitative estimate of drug-likeness (QED) is 0.0933. The van der Waals surface area contributed by atoms with Crippen LogP contribution in [0.1, 0.15) is 116 Å². The number of phenolic OH excluding ortho intramolecular Hbond substituents is 1. The van der Waals surface area contributed by atoms with Crippen molar-refractivity contribution in [2.75, 3.05) is 20.8 Å². The zero-order valence-electron chi connectivity index (χ0n) is 44.5. The standard InChI is InChI=1S/C54H80O22/c1-25-45(74-40-21-34(66-7)46(26(2)69-40)75-41-22-35(67-8)47(27(3)70-41)76-49-44(61)43(60)42(59)36(24-55)72-49)33(58)20-39(68-25)71-32-14-15-50(5)30(19-32)13-16-53(64)37(50)23-38(73-48(62)29-9-11-31(57)12-10-29)51(6)52(63,28(4)56)17-18-54(51,53)65/h9-13,25-27,32-47,49,55,57-61,63-65H,14-24H2,1-8H3/t25-,26-,27-,32+,33+,34+,35-,36-,37-,38-,39+,40+,41+,42-,43+,44-,45-,46-,47-,49+,50+,51-,52-,53+,54-/m1/s1. The van der Waals surface area contributed by atoms with Gasteiger partial charge in [-0.1, -0.05) is 18.6 Å². The fourth-order valence-corrected chi connectivity index (χ4v) is 14.5. The molecule has 0 spiro atoms. The van der Waals surface area contributed by atoms with Gasteiger partial charge in [0, 0.05) is 39.4 Å². The van der Waals surface area contributed by atoms with E-state index < -0.39 is 163 Å². The topological polar surface area (TPSA) is 318 Å². The number of Topliss-reactive ketones (excluding diaryl/α,β-unsaturated/α-hetero) is 1. The average Bonchev–Trinajstić information content (AvgIpc) is 3.86. The molecule has 22 heteroatoms. The second-order valence-corrected chi connectivity index (χ2v) is 23.1. The largest absolute Gasteiger partial charge is 0.508 e. The molecule has 4 saturated heterocycles. The van der Waals surface area contributed by atoms with Gasteiger partial charge in [0.05, 0.1) is 60.3 Å². The number of carbonyl (C=O) groups is 2. The Morgan fingerprint density at radius 2 is 1.29 bits per heavy atom. The normalized spacial score (nSPS) is 49.4. The molecule has 1 aromatic carbocycles. The number of methoxy groups -OCH3 is 2. The fourth-order valence-electron chi connectivity index (χ4n) is 14.5. The molecule has 22 nitrogen and oxygen atoms in total. The number of fused-ring (bicyclic) bond motifs is 5. The van der Waals surface area contributed by atoms with E-state index in [0.717, 1.165) is 5.57 Å². The maximum absolute atomic E-state index is 13.7. The average molecular weight is 1080 g/mol. The number of phenols is 1.